The SMILES string of the molecule is CC(C)c1cc(S)cc(C(C)C)c1N1C(=O)c2cc(Oc3ccc(C(C)(C)C)cc3)c3c4ccc5c6c(ccc(c7c(Oc8ccc(C(C)(C)C)cc8)cc(c2c37)C1=O)c64)C1=C[C@@H]2/C=C\[C@@H]3C=C4C(=CC3/C=C\C2C=C15)c1ccc2c3c(Oc5ccc(C(C)(C)C)cc5)cc5c6c(cc(Oc7ccc(C(C)(C)C)cc7)c(c7ccc4c1c27)c63)C(=O)N(c1c(C(C)C)cc(S)cc1C(C)C)C5=O. The van der Waals surface area contributed by atoms with Crippen molar-refractivity contribution in [2.45, 2.75) is 194 Å². The molecule has 2 heterocycles. The lowest BCUT2D eigenvalue weighted by atomic mass is 9.75. The molecule has 0 spiro atoms. The minimum Gasteiger partial charge on any atom is -0.457 e. The molecular weight excluding hydrogens is 1710 g/mol. The normalized spacial score (nSPS) is 17.9. The highest BCUT2D eigenvalue weighted by molar-refractivity contribution is 7.80. The molecule has 0 fully saturated rings. The van der Waals surface area contributed by atoms with E-state index in [9.17, 15) is 0 Å². The molecule has 23 rings (SSSR count). The Labute approximate surface area is 806 Å². The van der Waals surface area contributed by atoms with Crippen molar-refractivity contribution in [1.82, 2.24) is 0 Å². The molecule has 2 aliphatic heterocycles. The lowest BCUT2D eigenvalue weighted by molar-refractivity contribution is 0.0877. The van der Waals surface area contributed by atoms with Gasteiger partial charge in [-0.1, -0.05) is 284 Å². The molecule has 0 bridgehead atoms. The van der Waals surface area contributed by atoms with E-state index in [4.69, 9.17) is 44.2 Å². The van der Waals surface area contributed by atoms with Crippen LogP contribution in [0, 0.1) is 23.7 Å². The number of fused-ring (bicyclic) bond motifs is 12. The highest BCUT2D eigenvalue weighted by Gasteiger charge is 2.46. The van der Waals surface area contributed by atoms with Crippen LogP contribution in [0.1, 0.15) is 270 Å². The number of ether oxygens (including phenoxy) is 4. The maximum atomic E-state index is 16.3. The summed E-state index contributed by atoms with van der Waals surface area (Å²) in [5.74, 6) is 2.46. The first-order valence-electron chi connectivity index (χ1n) is 48.2. The highest BCUT2D eigenvalue weighted by Crippen LogP contribution is 2.62. The summed E-state index contributed by atoms with van der Waals surface area (Å²) in [6.07, 6.45) is 19.8. The molecule has 4 amide bonds. The maximum Gasteiger partial charge on any atom is 0.266 e. The molecule has 0 radical (unpaired) electrons. The van der Waals surface area contributed by atoms with Gasteiger partial charge >= 0.3 is 0 Å². The Morgan fingerprint density at radius 3 is 0.654 bits per heavy atom. The van der Waals surface area contributed by atoms with Gasteiger partial charge in [-0.25, -0.2) is 9.80 Å². The van der Waals surface area contributed by atoms with Gasteiger partial charge in [0, 0.05) is 76.6 Å². The van der Waals surface area contributed by atoms with E-state index >= 15 is 19.2 Å². The lowest BCUT2D eigenvalue weighted by Gasteiger charge is -2.34. The second kappa shape index (κ2) is 30.6. The van der Waals surface area contributed by atoms with Crippen LogP contribution in [0.3, 0.4) is 0 Å². The lowest BCUT2D eigenvalue weighted by Crippen LogP contribution is -2.42. The van der Waals surface area contributed by atoms with E-state index in [1.807, 2.05) is 97.1 Å². The third-order valence-electron chi connectivity index (χ3n) is 30.0. The summed E-state index contributed by atoms with van der Waals surface area (Å²) in [7, 11) is 0. The van der Waals surface area contributed by atoms with Gasteiger partial charge in [-0.2, -0.15) is 0 Å². The number of anilines is 2. The Morgan fingerprint density at radius 2 is 0.456 bits per heavy atom. The van der Waals surface area contributed by atoms with E-state index in [0.29, 0.717) is 90.4 Å². The van der Waals surface area contributed by atoms with Crippen molar-refractivity contribution in [3.63, 3.8) is 0 Å². The van der Waals surface area contributed by atoms with Gasteiger partial charge in [0.05, 0.1) is 33.6 Å². The molecular formula is C124H110N2O8S2. The molecule has 5 aliphatic carbocycles. The van der Waals surface area contributed by atoms with Crippen molar-refractivity contribution in [2.24, 2.45) is 23.7 Å². The Kier molecular flexibility index (Phi) is 19.6. The Hall–Kier alpha value is -13.3. The summed E-state index contributed by atoms with van der Waals surface area (Å²) in [5.41, 5.74) is 19.4. The highest BCUT2D eigenvalue weighted by atomic mass is 32.1. The zero-order valence-electron chi connectivity index (χ0n) is 80.8. The molecule has 7 aliphatic rings. The Balaban J connectivity index is 0.682. The largest absolute Gasteiger partial charge is 0.457 e. The number of hydrogen-bond donors (Lipinski definition) is 2. The van der Waals surface area contributed by atoms with Gasteiger partial charge in [0.1, 0.15) is 46.0 Å². The molecule has 2 unspecified atom stereocenters. The van der Waals surface area contributed by atoms with Crippen LogP contribution >= 0.6 is 25.3 Å². The minimum atomic E-state index is -0.425. The first kappa shape index (κ1) is 86.8. The van der Waals surface area contributed by atoms with Crippen LogP contribution in [-0.4, -0.2) is 23.6 Å². The second-order valence-electron chi connectivity index (χ2n) is 44.2. The molecule has 12 heteroatoms. The van der Waals surface area contributed by atoms with Gasteiger partial charge in [-0.3, -0.25) is 19.2 Å². The number of hydrogen-bond acceptors (Lipinski definition) is 10. The van der Waals surface area contributed by atoms with E-state index in [1.165, 1.54) is 32.1 Å². The molecule has 0 saturated heterocycles. The van der Waals surface area contributed by atoms with E-state index in [-0.39, 0.29) is 69.0 Å². The van der Waals surface area contributed by atoms with Crippen LogP contribution in [0.2, 0.25) is 0 Å². The second-order valence-corrected chi connectivity index (χ2v) is 45.2. The number of nitrogens with zero attached hydrogens (tertiary/aromatic N) is 2. The van der Waals surface area contributed by atoms with E-state index < -0.39 is 23.6 Å². The molecule has 676 valence electrons. The molecule has 16 aromatic rings. The predicted octanol–water partition coefficient (Wildman–Crippen LogP) is 33.7. The fourth-order valence-corrected chi connectivity index (χ4v) is 23.6. The van der Waals surface area contributed by atoms with Crippen molar-refractivity contribution < 1.29 is 38.1 Å². The number of carbonyl (C=O) groups excluding carboxylic acids is 4. The van der Waals surface area contributed by atoms with Crippen molar-refractivity contribution in [3.8, 4) is 46.0 Å². The van der Waals surface area contributed by atoms with Crippen LogP contribution in [0.5, 0.6) is 46.0 Å². The van der Waals surface area contributed by atoms with E-state index in [0.717, 1.165) is 152 Å². The van der Waals surface area contributed by atoms with Gasteiger partial charge in [0.25, 0.3) is 23.6 Å². The zero-order chi connectivity index (χ0) is 94.9. The molecule has 0 saturated carbocycles. The summed E-state index contributed by atoms with van der Waals surface area (Å²) in [6, 6.07) is 66.9. The van der Waals surface area contributed by atoms with Crippen LogP contribution in [0.15, 0.2) is 253 Å². The van der Waals surface area contributed by atoms with Gasteiger partial charge < -0.3 is 18.9 Å². The minimum absolute atomic E-state index is 0.00126. The quantitative estimate of drug-likeness (QED) is 0.0364. The Bertz CT molecular complexity index is 7290. The fraction of sp³-hybridized carbons (Fsp3) is 0.258. The molecule has 10 nitrogen and oxygen atoms in total. The van der Waals surface area contributed by atoms with Gasteiger partial charge in [-0.05, 0) is 275 Å². The standard InChI is InChI=1S/C124H110N2O8S2/c1-61(2)87-53-77(135)54-88(62(3)4)115(87)125-117(127)95-57-99(131-73-33-25-69(26-34-73)121(9,10)11)109-83-45-41-79-91-49-65-21-23-67-51-93-81-43-47-85-106-86(48-44-82(104(81)106)94(93)52-68(67)24-22-66(65)50-92(91)80-42-46-84(105(83)103(79)80)110-100(58-96(118(125)128)107(95)113(109)110)132-74-35-27-70(28-36-74)122(12,13)14)112-102(134-76-39-31-72(32-40-76)124(18,19)20)60-98-108-97(59-101(111(85)114(108)112)133-75-37-29-71(30-38-75)123(15,16)17)119(129)126(120(98)130)116-89(63(5)6)55-78(136)56-90(116)64(7)8/h21-68,135-136H,1-20H3/b23-21-,24-22-/t65-,66?,67+,68?. The topological polar surface area (TPSA) is 112 Å². The van der Waals surface area contributed by atoms with Crippen molar-refractivity contribution in [3.05, 3.63) is 332 Å². The molecule has 4 atom stereocenters. The third-order valence-corrected chi connectivity index (χ3v) is 30.5. The van der Waals surface area contributed by atoms with Gasteiger partial charge in [-0.15, -0.1) is 25.3 Å². The Morgan fingerprint density at radius 1 is 0.250 bits per heavy atom. The number of thiol groups is 2. The predicted molar refractivity (Wildman–Crippen MR) is 566 cm³/mol. The smallest absolute Gasteiger partial charge is 0.266 e. The fourth-order valence-electron chi connectivity index (χ4n) is 23.0. The number of carbonyl (C=O) groups is 4. The summed E-state index contributed by atoms with van der Waals surface area (Å²) < 4.78 is 29.6. The van der Waals surface area contributed by atoms with E-state index in [1.54, 1.807) is 0 Å². The summed E-state index contributed by atoms with van der Waals surface area (Å²) in [6.45, 7) is 43.2. The van der Waals surface area contributed by atoms with Crippen molar-refractivity contribution >= 4 is 169 Å². The van der Waals surface area contributed by atoms with Crippen LogP contribution in [0.25, 0.3) is 108 Å². The molecule has 0 N–H and O–H groups in total. The van der Waals surface area contributed by atoms with Crippen molar-refractivity contribution in [1.29, 1.82) is 0 Å². The number of imide groups is 2. The van der Waals surface area contributed by atoms with Gasteiger partial charge in [0.15, 0.2) is 0 Å². The first-order chi connectivity index (χ1) is 64.7. The van der Waals surface area contributed by atoms with Crippen LogP contribution in [-0.2, 0) is 21.7 Å². The van der Waals surface area contributed by atoms with Crippen molar-refractivity contribution in [2.75, 3.05) is 9.80 Å². The maximum absolute atomic E-state index is 16.3. The summed E-state index contributed by atoms with van der Waals surface area (Å²) in [5, 5.41) is 13.8. The molecule has 16 aromatic carbocycles. The number of rotatable bonds is 14. The molecule has 136 heavy (non-hydrogen) atoms. The first-order valence-corrected chi connectivity index (χ1v) is 49.1. The number of amides is 4. The zero-order valence-corrected chi connectivity index (χ0v) is 82.6. The number of allylic oxidation sites excluding steroid dienone is 12. The monoisotopic (exact) mass is 1820 g/mol. The summed E-state index contributed by atoms with van der Waals surface area (Å²) in [4.78, 5) is 69.7. The van der Waals surface area contributed by atoms with Crippen LogP contribution < -0.4 is 28.7 Å². The average molecular weight is 1820 g/mol. The number of benzene rings is 16. The average Bonchev–Trinajstić information content (AvgIpc) is 0.836. The van der Waals surface area contributed by atoms with Gasteiger partial charge in [0.2, 0.25) is 0 Å². The molecule has 0 aromatic heterocycles. The van der Waals surface area contributed by atoms with Crippen LogP contribution in [0.4, 0.5) is 11.4 Å². The van der Waals surface area contributed by atoms with E-state index in [2.05, 4.69) is 284 Å². The third kappa shape index (κ3) is 13.3. The summed E-state index contributed by atoms with van der Waals surface area (Å²) >= 11 is 9.84.